The van der Waals surface area contributed by atoms with Crippen LogP contribution in [0, 0.1) is 0 Å². The van der Waals surface area contributed by atoms with Crippen molar-refractivity contribution < 1.29 is 9.59 Å². The van der Waals surface area contributed by atoms with Crippen LogP contribution in [0.1, 0.15) is 42.4 Å². The van der Waals surface area contributed by atoms with Crippen molar-refractivity contribution in [1.29, 1.82) is 0 Å². The average molecular weight is 487 g/mol. The number of aromatic nitrogens is 2. The number of hydrogen-bond donors (Lipinski definition) is 1. The number of carbonyl (C=O) groups is 2. The van der Waals surface area contributed by atoms with Gasteiger partial charge in [-0.2, -0.15) is 0 Å². The van der Waals surface area contributed by atoms with E-state index in [-0.39, 0.29) is 24.3 Å². The molecule has 0 bridgehead atoms. The lowest BCUT2D eigenvalue weighted by molar-refractivity contribution is -0.142. The first kappa shape index (κ1) is 23.1. The molecule has 0 radical (unpaired) electrons. The summed E-state index contributed by atoms with van der Waals surface area (Å²) in [5.41, 5.74) is 3.84. The Morgan fingerprint density at radius 3 is 2.46 bits per heavy atom. The van der Waals surface area contributed by atoms with Crippen LogP contribution in [0.2, 0.25) is 5.02 Å². The van der Waals surface area contributed by atoms with Crippen molar-refractivity contribution >= 4 is 34.4 Å². The fourth-order valence-corrected chi connectivity index (χ4v) is 4.86. The van der Waals surface area contributed by atoms with Gasteiger partial charge in [-0.05, 0) is 48.7 Å². The van der Waals surface area contributed by atoms with Crippen LogP contribution in [0.5, 0.6) is 0 Å². The second kappa shape index (κ2) is 9.92. The zero-order valence-corrected chi connectivity index (χ0v) is 20.3. The molecule has 178 valence electrons. The molecule has 2 atom stereocenters. The minimum absolute atomic E-state index is 0.0603. The summed E-state index contributed by atoms with van der Waals surface area (Å²) in [7, 11) is 0. The molecular formula is C28H27ClN4O2. The molecule has 2 amide bonds. The molecule has 0 aliphatic carbocycles. The van der Waals surface area contributed by atoms with Crippen molar-refractivity contribution in [1.82, 2.24) is 19.8 Å². The van der Waals surface area contributed by atoms with Crippen LogP contribution < -0.4 is 5.32 Å². The van der Waals surface area contributed by atoms with Crippen LogP contribution in [-0.2, 0) is 22.6 Å². The molecule has 2 heterocycles. The van der Waals surface area contributed by atoms with E-state index in [1.54, 1.807) is 0 Å². The van der Waals surface area contributed by atoms with Gasteiger partial charge in [0.05, 0.1) is 23.5 Å². The number of nitrogens with one attached hydrogen (secondary N) is 1. The predicted octanol–water partition coefficient (Wildman–Crippen LogP) is 5.08. The van der Waals surface area contributed by atoms with E-state index in [0.717, 1.165) is 28.0 Å². The molecule has 35 heavy (non-hydrogen) atoms. The Labute approximate surface area is 209 Å². The molecule has 6 nitrogen and oxygen atoms in total. The summed E-state index contributed by atoms with van der Waals surface area (Å²) < 4.78 is 1.96. The molecule has 0 saturated carbocycles. The Morgan fingerprint density at radius 1 is 0.971 bits per heavy atom. The maximum atomic E-state index is 13.8. The van der Waals surface area contributed by atoms with Gasteiger partial charge in [0.25, 0.3) is 0 Å². The summed E-state index contributed by atoms with van der Waals surface area (Å²) >= 11 is 5.95. The van der Waals surface area contributed by atoms with E-state index >= 15 is 0 Å². The molecule has 5 rings (SSSR count). The van der Waals surface area contributed by atoms with Crippen molar-refractivity contribution in [3.8, 4) is 0 Å². The Balaban J connectivity index is 1.38. The summed E-state index contributed by atoms with van der Waals surface area (Å²) in [6, 6.07) is 24.4. The van der Waals surface area contributed by atoms with Gasteiger partial charge < -0.3 is 14.8 Å². The number of carbonyl (C=O) groups excluding carboxylic acids is 2. The largest absolute Gasteiger partial charge is 0.356 e. The van der Waals surface area contributed by atoms with E-state index in [0.29, 0.717) is 24.5 Å². The highest BCUT2D eigenvalue weighted by Crippen LogP contribution is 2.37. The van der Waals surface area contributed by atoms with Crippen molar-refractivity contribution in [2.24, 2.45) is 0 Å². The van der Waals surface area contributed by atoms with E-state index in [1.165, 1.54) is 0 Å². The van der Waals surface area contributed by atoms with Gasteiger partial charge in [-0.1, -0.05) is 66.2 Å². The second-order valence-corrected chi connectivity index (χ2v) is 9.34. The Bertz CT molecular complexity index is 1350. The normalized spacial score (nSPS) is 17.4. The minimum atomic E-state index is -0.646. The molecule has 3 aromatic carbocycles. The molecular weight excluding hydrogens is 460 g/mol. The van der Waals surface area contributed by atoms with Gasteiger partial charge in [0, 0.05) is 18.1 Å². The highest BCUT2D eigenvalue weighted by atomic mass is 35.5. The van der Waals surface area contributed by atoms with Gasteiger partial charge in [-0.25, -0.2) is 4.98 Å². The van der Waals surface area contributed by atoms with Crippen LogP contribution in [0.15, 0.2) is 78.9 Å². The molecule has 1 aromatic heterocycles. The number of nitrogens with zero attached hydrogens (tertiary/aromatic N) is 3. The van der Waals surface area contributed by atoms with E-state index in [4.69, 9.17) is 16.6 Å². The summed E-state index contributed by atoms with van der Waals surface area (Å²) in [5, 5.41) is 3.67. The monoisotopic (exact) mass is 486 g/mol. The van der Waals surface area contributed by atoms with E-state index in [2.05, 4.69) is 5.32 Å². The number of hydrogen-bond acceptors (Lipinski definition) is 3. The van der Waals surface area contributed by atoms with Crippen molar-refractivity contribution in [3.63, 3.8) is 0 Å². The van der Waals surface area contributed by atoms with Crippen LogP contribution in [0.25, 0.3) is 11.0 Å². The summed E-state index contributed by atoms with van der Waals surface area (Å²) in [6.45, 7) is 2.96. The third-order valence-electron chi connectivity index (χ3n) is 6.57. The highest BCUT2D eigenvalue weighted by molar-refractivity contribution is 6.30. The Morgan fingerprint density at radius 2 is 1.69 bits per heavy atom. The summed E-state index contributed by atoms with van der Waals surface area (Å²) in [4.78, 5) is 33.5. The van der Waals surface area contributed by atoms with Crippen LogP contribution >= 0.6 is 11.6 Å². The Kier molecular flexibility index (Phi) is 6.55. The number of halogens is 1. The zero-order valence-electron chi connectivity index (χ0n) is 19.5. The smallest absolute Gasteiger partial charge is 0.247 e. The minimum Gasteiger partial charge on any atom is -0.356 e. The highest BCUT2D eigenvalue weighted by Gasteiger charge is 2.40. The van der Waals surface area contributed by atoms with Crippen molar-refractivity contribution in [2.45, 2.75) is 38.4 Å². The zero-order chi connectivity index (χ0) is 24.4. The van der Waals surface area contributed by atoms with Gasteiger partial charge in [0.1, 0.15) is 11.9 Å². The molecule has 0 spiro atoms. The summed E-state index contributed by atoms with van der Waals surface area (Å²) in [6.07, 6.45) is 0.753. The first-order valence-electron chi connectivity index (χ1n) is 11.8. The third kappa shape index (κ3) is 4.80. The van der Waals surface area contributed by atoms with E-state index in [9.17, 15) is 9.59 Å². The first-order valence-corrected chi connectivity index (χ1v) is 12.2. The quantitative estimate of drug-likeness (QED) is 0.396. The summed E-state index contributed by atoms with van der Waals surface area (Å²) in [5.74, 6) is 0.584. The number of para-hydroxylation sites is 2. The van der Waals surface area contributed by atoms with Crippen LogP contribution in [0.3, 0.4) is 0 Å². The van der Waals surface area contributed by atoms with Crippen LogP contribution in [-0.4, -0.2) is 32.8 Å². The predicted molar refractivity (Wildman–Crippen MR) is 137 cm³/mol. The van der Waals surface area contributed by atoms with Crippen LogP contribution in [0.4, 0.5) is 0 Å². The standard InChI is InChI=1S/C28H27ClN4O2/c1-19-27-31-23-9-5-6-10-24(23)33(27)25(28(35)32(19)18-21-7-3-2-4-8-21)17-26(34)30-16-15-20-11-13-22(29)14-12-20/h2-14,19,25H,15-18H2,1H3,(H,30,34)/t19-,25-/m0/s1. The maximum absolute atomic E-state index is 13.8. The van der Waals surface area contributed by atoms with E-state index < -0.39 is 6.04 Å². The van der Waals surface area contributed by atoms with E-state index in [1.807, 2.05) is 95.3 Å². The topological polar surface area (TPSA) is 67.2 Å². The van der Waals surface area contributed by atoms with Gasteiger partial charge >= 0.3 is 0 Å². The van der Waals surface area contributed by atoms with Crippen molar-refractivity contribution in [2.75, 3.05) is 6.54 Å². The molecule has 1 N–H and O–H groups in total. The molecule has 7 heteroatoms. The lowest BCUT2D eigenvalue weighted by atomic mass is 10.0. The van der Waals surface area contributed by atoms with Gasteiger partial charge in [0.15, 0.2) is 0 Å². The number of imidazole rings is 1. The van der Waals surface area contributed by atoms with Gasteiger partial charge in [-0.3, -0.25) is 9.59 Å². The fraction of sp³-hybridized carbons (Fsp3) is 0.250. The molecule has 0 fully saturated rings. The maximum Gasteiger partial charge on any atom is 0.247 e. The number of amides is 2. The molecule has 1 aliphatic rings. The number of fused-ring (bicyclic) bond motifs is 3. The third-order valence-corrected chi connectivity index (χ3v) is 6.82. The lowest BCUT2D eigenvalue weighted by Crippen LogP contribution is -2.46. The molecule has 1 aliphatic heterocycles. The Hall–Kier alpha value is -3.64. The second-order valence-electron chi connectivity index (χ2n) is 8.90. The number of rotatable bonds is 7. The number of benzene rings is 3. The first-order chi connectivity index (χ1) is 17.0. The molecule has 4 aromatic rings. The molecule has 0 unspecified atom stereocenters. The SMILES string of the molecule is C[C@H]1c2nc3ccccc3n2[C@@H](CC(=O)NCCc2ccc(Cl)cc2)C(=O)N1Cc1ccccc1. The van der Waals surface area contributed by atoms with Gasteiger partial charge in [0.2, 0.25) is 11.8 Å². The lowest BCUT2D eigenvalue weighted by Gasteiger charge is -2.38. The van der Waals surface area contributed by atoms with Gasteiger partial charge in [-0.15, -0.1) is 0 Å². The average Bonchev–Trinajstić information content (AvgIpc) is 3.26. The fourth-order valence-electron chi connectivity index (χ4n) is 4.74. The van der Waals surface area contributed by atoms with Crippen molar-refractivity contribution in [3.05, 3.63) is 101 Å². The molecule has 0 saturated heterocycles.